The summed E-state index contributed by atoms with van der Waals surface area (Å²) in [5, 5.41) is 9.23. The minimum atomic E-state index is 0.342. The lowest BCUT2D eigenvalue weighted by molar-refractivity contribution is 0.395. The number of phenolic OH excluding ortho intramolecular Hbond substituents is 1. The highest BCUT2D eigenvalue weighted by Gasteiger charge is 2.20. The van der Waals surface area contributed by atoms with Gasteiger partial charge in [0.25, 0.3) is 0 Å². The second-order valence-electron chi connectivity index (χ2n) is 4.93. The van der Waals surface area contributed by atoms with Gasteiger partial charge < -0.3 is 10.8 Å². The lowest BCUT2D eigenvalue weighted by atomic mass is 9.89. The van der Waals surface area contributed by atoms with E-state index in [1.54, 1.807) is 12.1 Å². The van der Waals surface area contributed by atoms with Gasteiger partial charge in [0.1, 0.15) is 5.75 Å². The van der Waals surface area contributed by atoms with Crippen LogP contribution in [0.3, 0.4) is 0 Å². The molecule has 2 heteroatoms. The van der Waals surface area contributed by atoms with Gasteiger partial charge in [-0.05, 0) is 42.9 Å². The largest absolute Gasteiger partial charge is 0.508 e. The third-order valence-electron chi connectivity index (χ3n) is 3.65. The number of aromatic hydroxyl groups is 1. The van der Waals surface area contributed by atoms with Crippen molar-refractivity contribution in [1.82, 2.24) is 0 Å². The Bertz CT molecular complexity index is 320. The fourth-order valence-electron chi connectivity index (χ4n) is 2.60. The number of hydrogen-bond acceptors (Lipinski definition) is 2. The third kappa shape index (κ3) is 2.99. The average Bonchev–Trinajstić information content (AvgIpc) is 2.48. The average molecular weight is 219 g/mol. The summed E-state index contributed by atoms with van der Waals surface area (Å²) < 4.78 is 0. The molecule has 0 spiro atoms. The van der Waals surface area contributed by atoms with E-state index in [0.29, 0.717) is 17.7 Å². The summed E-state index contributed by atoms with van der Waals surface area (Å²) >= 11 is 0. The van der Waals surface area contributed by atoms with Gasteiger partial charge in [-0.3, -0.25) is 0 Å². The molecule has 1 aromatic rings. The van der Waals surface area contributed by atoms with Crippen LogP contribution in [0.4, 0.5) is 0 Å². The summed E-state index contributed by atoms with van der Waals surface area (Å²) in [5.41, 5.74) is 7.50. The fraction of sp³-hybridized carbons (Fsp3) is 0.571. The molecule has 0 bridgehead atoms. The highest BCUT2D eigenvalue weighted by atomic mass is 16.3. The fourth-order valence-corrected chi connectivity index (χ4v) is 2.60. The Labute approximate surface area is 97.5 Å². The zero-order valence-corrected chi connectivity index (χ0v) is 9.73. The van der Waals surface area contributed by atoms with Crippen LogP contribution in [-0.2, 0) is 6.42 Å². The van der Waals surface area contributed by atoms with Gasteiger partial charge in [0.15, 0.2) is 0 Å². The van der Waals surface area contributed by atoms with Crippen molar-refractivity contribution < 1.29 is 5.11 Å². The molecule has 1 fully saturated rings. The molecule has 2 atom stereocenters. The molecule has 0 radical (unpaired) electrons. The standard InChI is InChI=1S/C14H21NO/c15-14-5-3-1-2-4-12(14)10-11-6-8-13(16)9-7-11/h6-9,12,14,16H,1-5,10,15H2. The molecule has 88 valence electrons. The highest BCUT2D eigenvalue weighted by molar-refractivity contribution is 5.26. The van der Waals surface area contributed by atoms with Crippen molar-refractivity contribution in [2.75, 3.05) is 0 Å². The van der Waals surface area contributed by atoms with E-state index < -0.39 is 0 Å². The molecule has 0 saturated heterocycles. The lowest BCUT2D eigenvalue weighted by Gasteiger charge is -2.21. The molecule has 2 rings (SSSR count). The van der Waals surface area contributed by atoms with Crippen LogP contribution < -0.4 is 5.73 Å². The first-order chi connectivity index (χ1) is 7.75. The van der Waals surface area contributed by atoms with Gasteiger partial charge in [0, 0.05) is 6.04 Å². The summed E-state index contributed by atoms with van der Waals surface area (Å²) in [6.45, 7) is 0. The van der Waals surface area contributed by atoms with Crippen LogP contribution in [0.5, 0.6) is 5.75 Å². The molecule has 1 aliphatic rings. The first kappa shape index (κ1) is 11.5. The molecule has 3 N–H and O–H groups in total. The van der Waals surface area contributed by atoms with Crippen LogP contribution in [0.15, 0.2) is 24.3 Å². The van der Waals surface area contributed by atoms with Gasteiger partial charge in [-0.25, -0.2) is 0 Å². The molecule has 0 heterocycles. The topological polar surface area (TPSA) is 46.2 Å². The first-order valence-electron chi connectivity index (χ1n) is 6.29. The van der Waals surface area contributed by atoms with Gasteiger partial charge in [0.05, 0.1) is 0 Å². The Morgan fingerprint density at radius 2 is 1.75 bits per heavy atom. The maximum Gasteiger partial charge on any atom is 0.115 e. The van der Waals surface area contributed by atoms with Crippen LogP contribution in [0.2, 0.25) is 0 Å². The maximum absolute atomic E-state index is 9.23. The Kier molecular flexibility index (Phi) is 3.83. The number of nitrogens with two attached hydrogens (primary N) is 1. The summed E-state index contributed by atoms with van der Waals surface area (Å²) in [6, 6.07) is 7.89. The molecule has 1 saturated carbocycles. The number of phenols is 1. The van der Waals surface area contributed by atoms with E-state index in [4.69, 9.17) is 5.73 Å². The van der Waals surface area contributed by atoms with E-state index in [2.05, 4.69) is 0 Å². The summed E-state index contributed by atoms with van der Waals surface area (Å²) in [6.07, 6.45) is 7.41. The van der Waals surface area contributed by atoms with E-state index in [9.17, 15) is 5.11 Å². The molecule has 1 aromatic carbocycles. The van der Waals surface area contributed by atoms with E-state index in [-0.39, 0.29) is 0 Å². The predicted molar refractivity (Wildman–Crippen MR) is 66.4 cm³/mol. The SMILES string of the molecule is NC1CCCCCC1Cc1ccc(O)cc1. The first-order valence-corrected chi connectivity index (χ1v) is 6.29. The summed E-state index contributed by atoms with van der Waals surface area (Å²) in [5.74, 6) is 0.959. The second-order valence-corrected chi connectivity index (χ2v) is 4.93. The van der Waals surface area contributed by atoms with Crippen LogP contribution in [0.25, 0.3) is 0 Å². The van der Waals surface area contributed by atoms with E-state index in [0.717, 1.165) is 6.42 Å². The monoisotopic (exact) mass is 219 g/mol. The highest BCUT2D eigenvalue weighted by Crippen LogP contribution is 2.25. The van der Waals surface area contributed by atoms with Crippen molar-refractivity contribution >= 4 is 0 Å². The summed E-state index contributed by atoms with van der Waals surface area (Å²) in [7, 11) is 0. The van der Waals surface area contributed by atoms with Crippen molar-refractivity contribution in [3.63, 3.8) is 0 Å². The van der Waals surface area contributed by atoms with Crippen molar-refractivity contribution in [1.29, 1.82) is 0 Å². The minimum absolute atomic E-state index is 0.342. The Balaban J connectivity index is 1.99. The second kappa shape index (κ2) is 5.35. The number of rotatable bonds is 2. The lowest BCUT2D eigenvalue weighted by Crippen LogP contribution is -2.30. The van der Waals surface area contributed by atoms with Crippen molar-refractivity contribution in [3.8, 4) is 5.75 Å². The molecule has 16 heavy (non-hydrogen) atoms. The molecule has 2 unspecified atom stereocenters. The number of benzene rings is 1. The minimum Gasteiger partial charge on any atom is -0.508 e. The zero-order chi connectivity index (χ0) is 11.4. The van der Waals surface area contributed by atoms with Gasteiger partial charge in [-0.1, -0.05) is 31.4 Å². The van der Waals surface area contributed by atoms with Crippen LogP contribution >= 0.6 is 0 Å². The van der Waals surface area contributed by atoms with E-state index in [1.165, 1.54) is 37.7 Å². The van der Waals surface area contributed by atoms with E-state index >= 15 is 0 Å². The summed E-state index contributed by atoms with van der Waals surface area (Å²) in [4.78, 5) is 0. The van der Waals surface area contributed by atoms with Gasteiger partial charge >= 0.3 is 0 Å². The molecular weight excluding hydrogens is 198 g/mol. The normalized spacial score (nSPS) is 26.3. The van der Waals surface area contributed by atoms with Gasteiger partial charge in [-0.15, -0.1) is 0 Å². The molecular formula is C14H21NO. The van der Waals surface area contributed by atoms with Crippen molar-refractivity contribution in [2.45, 2.75) is 44.6 Å². The third-order valence-corrected chi connectivity index (χ3v) is 3.65. The predicted octanol–water partition coefficient (Wildman–Crippen LogP) is 2.84. The Hall–Kier alpha value is -1.02. The zero-order valence-electron chi connectivity index (χ0n) is 9.73. The Morgan fingerprint density at radius 1 is 1.06 bits per heavy atom. The van der Waals surface area contributed by atoms with Crippen molar-refractivity contribution in [2.24, 2.45) is 11.7 Å². The van der Waals surface area contributed by atoms with Gasteiger partial charge in [0.2, 0.25) is 0 Å². The van der Waals surface area contributed by atoms with Gasteiger partial charge in [-0.2, -0.15) is 0 Å². The van der Waals surface area contributed by atoms with Crippen molar-refractivity contribution in [3.05, 3.63) is 29.8 Å². The van der Waals surface area contributed by atoms with Crippen LogP contribution in [0, 0.1) is 5.92 Å². The molecule has 2 nitrogen and oxygen atoms in total. The smallest absolute Gasteiger partial charge is 0.115 e. The molecule has 0 amide bonds. The maximum atomic E-state index is 9.23. The number of hydrogen-bond donors (Lipinski definition) is 2. The van der Waals surface area contributed by atoms with Crippen LogP contribution in [0.1, 0.15) is 37.7 Å². The van der Waals surface area contributed by atoms with E-state index in [1.807, 2.05) is 12.1 Å². The Morgan fingerprint density at radius 3 is 2.50 bits per heavy atom. The van der Waals surface area contributed by atoms with Crippen LogP contribution in [-0.4, -0.2) is 11.1 Å². The molecule has 0 aliphatic heterocycles. The molecule has 1 aliphatic carbocycles. The molecule has 0 aromatic heterocycles. The quantitative estimate of drug-likeness (QED) is 0.751.